The largest absolute Gasteiger partial charge is 0.399 e. The van der Waals surface area contributed by atoms with E-state index < -0.39 is 0 Å². The second-order valence-corrected chi connectivity index (χ2v) is 5.05. The third-order valence-corrected chi connectivity index (χ3v) is 2.67. The zero-order chi connectivity index (χ0) is 12.1. The highest BCUT2D eigenvalue weighted by molar-refractivity contribution is 6.30. The predicted octanol–water partition coefficient (Wildman–Crippen LogP) is 3.40. The van der Waals surface area contributed by atoms with Crippen LogP contribution in [0, 0.1) is 5.92 Å². The van der Waals surface area contributed by atoms with E-state index in [9.17, 15) is 0 Å². The van der Waals surface area contributed by atoms with Crippen LogP contribution in [0.2, 0.25) is 5.02 Å². The number of rotatable bonds is 5. The summed E-state index contributed by atoms with van der Waals surface area (Å²) >= 11 is 5.98. The van der Waals surface area contributed by atoms with Gasteiger partial charge in [-0.2, -0.15) is 0 Å². The third kappa shape index (κ3) is 4.42. The van der Waals surface area contributed by atoms with Crippen LogP contribution in [0.1, 0.15) is 26.3 Å². The molecule has 0 unspecified atom stereocenters. The summed E-state index contributed by atoms with van der Waals surface area (Å²) in [6.45, 7) is 9.70. The van der Waals surface area contributed by atoms with Gasteiger partial charge in [-0.3, -0.25) is 4.90 Å². The van der Waals surface area contributed by atoms with Crippen molar-refractivity contribution in [2.75, 3.05) is 18.8 Å². The highest BCUT2D eigenvalue weighted by atomic mass is 35.5. The van der Waals surface area contributed by atoms with Crippen LogP contribution in [-0.2, 0) is 6.54 Å². The molecule has 1 aromatic rings. The Morgan fingerprint density at radius 2 is 2.00 bits per heavy atom. The first-order valence-corrected chi connectivity index (χ1v) is 6.16. The average Bonchev–Trinajstić information content (AvgIpc) is 2.14. The Bertz CT molecular complexity index is 316. The zero-order valence-electron chi connectivity index (χ0n) is 10.3. The van der Waals surface area contributed by atoms with E-state index in [1.807, 2.05) is 12.1 Å². The van der Waals surface area contributed by atoms with Gasteiger partial charge in [-0.25, -0.2) is 0 Å². The molecule has 0 aliphatic rings. The molecule has 0 aliphatic carbocycles. The van der Waals surface area contributed by atoms with Crippen molar-refractivity contribution in [3.05, 3.63) is 28.8 Å². The first-order chi connectivity index (χ1) is 7.51. The summed E-state index contributed by atoms with van der Waals surface area (Å²) in [6.07, 6.45) is 0. The normalized spacial score (nSPS) is 11.4. The lowest BCUT2D eigenvalue weighted by molar-refractivity contribution is 0.248. The van der Waals surface area contributed by atoms with Gasteiger partial charge in [0.25, 0.3) is 0 Å². The molecule has 2 nitrogen and oxygen atoms in total. The van der Waals surface area contributed by atoms with Crippen molar-refractivity contribution in [3.8, 4) is 0 Å². The Labute approximate surface area is 103 Å². The Morgan fingerprint density at radius 1 is 1.31 bits per heavy atom. The molecule has 0 amide bonds. The van der Waals surface area contributed by atoms with Crippen LogP contribution in [0.3, 0.4) is 0 Å². The average molecular weight is 241 g/mol. The molecule has 90 valence electrons. The molecular formula is C13H21ClN2. The lowest BCUT2D eigenvalue weighted by Gasteiger charge is -2.22. The molecule has 0 saturated heterocycles. The van der Waals surface area contributed by atoms with E-state index in [4.69, 9.17) is 17.3 Å². The van der Waals surface area contributed by atoms with Gasteiger partial charge in [-0.15, -0.1) is 0 Å². The minimum Gasteiger partial charge on any atom is -0.399 e. The maximum Gasteiger partial charge on any atom is 0.0429 e. The molecule has 2 N–H and O–H groups in total. The number of hydrogen-bond acceptors (Lipinski definition) is 2. The smallest absolute Gasteiger partial charge is 0.0429 e. The molecule has 0 heterocycles. The second kappa shape index (κ2) is 6.12. The minimum atomic E-state index is 0.677. The van der Waals surface area contributed by atoms with E-state index in [0.717, 1.165) is 30.3 Å². The maximum atomic E-state index is 5.98. The van der Waals surface area contributed by atoms with Crippen molar-refractivity contribution < 1.29 is 0 Å². The number of nitrogens with zero attached hydrogens (tertiary/aromatic N) is 1. The van der Waals surface area contributed by atoms with E-state index in [-0.39, 0.29) is 0 Å². The van der Waals surface area contributed by atoms with E-state index in [0.29, 0.717) is 5.92 Å². The van der Waals surface area contributed by atoms with Gasteiger partial charge in [0.2, 0.25) is 0 Å². The summed E-state index contributed by atoms with van der Waals surface area (Å²) in [7, 11) is 0. The maximum absolute atomic E-state index is 5.98. The fourth-order valence-corrected chi connectivity index (χ4v) is 2.11. The van der Waals surface area contributed by atoms with Crippen LogP contribution < -0.4 is 5.73 Å². The SMILES string of the molecule is CCN(Cc1cc(N)cc(Cl)c1)CC(C)C. The third-order valence-electron chi connectivity index (χ3n) is 2.46. The monoisotopic (exact) mass is 240 g/mol. The standard InChI is InChI=1S/C13H21ClN2/c1-4-16(8-10(2)3)9-11-5-12(14)7-13(15)6-11/h5-7,10H,4,8-9,15H2,1-3H3. The molecule has 0 bridgehead atoms. The van der Waals surface area contributed by atoms with Crippen molar-refractivity contribution >= 4 is 17.3 Å². The molecule has 1 aromatic carbocycles. The first-order valence-electron chi connectivity index (χ1n) is 5.78. The number of halogens is 1. The van der Waals surface area contributed by atoms with Gasteiger partial charge in [0.1, 0.15) is 0 Å². The number of anilines is 1. The Hall–Kier alpha value is -0.730. The summed E-state index contributed by atoms with van der Waals surface area (Å²) in [5.74, 6) is 0.677. The summed E-state index contributed by atoms with van der Waals surface area (Å²) in [5, 5.41) is 0.718. The van der Waals surface area contributed by atoms with E-state index in [1.54, 1.807) is 6.07 Å². The van der Waals surface area contributed by atoms with Crippen LogP contribution in [0.5, 0.6) is 0 Å². The van der Waals surface area contributed by atoms with Gasteiger partial charge in [-0.1, -0.05) is 32.4 Å². The second-order valence-electron chi connectivity index (χ2n) is 4.61. The highest BCUT2D eigenvalue weighted by Crippen LogP contribution is 2.18. The minimum absolute atomic E-state index is 0.677. The Balaban J connectivity index is 2.69. The fourth-order valence-electron chi connectivity index (χ4n) is 1.85. The summed E-state index contributed by atoms with van der Waals surface area (Å²) in [6, 6.07) is 5.76. The van der Waals surface area contributed by atoms with Crippen LogP contribution in [0.15, 0.2) is 18.2 Å². The fraction of sp³-hybridized carbons (Fsp3) is 0.538. The molecule has 3 heteroatoms. The van der Waals surface area contributed by atoms with E-state index in [2.05, 4.69) is 25.7 Å². The molecule has 0 aromatic heterocycles. The first kappa shape index (κ1) is 13.3. The number of nitrogens with two attached hydrogens (primary N) is 1. The molecule has 0 spiro atoms. The molecule has 0 saturated carbocycles. The van der Waals surface area contributed by atoms with Crippen LogP contribution in [0.25, 0.3) is 0 Å². The van der Waals surface area contributed by atoms with Crippen molar-refractivity contribution in [2.24, 2.45) is 5.92 Å². The number of nitrogen functional groups attached to an aromatic ring is 1. The lowest BCUT2D eigenvalue weighted by atomic mass is 10.1. The molecule has 16 heavy (non-hydrogen) atoms. The van der Waals surface area contributed by atoms with Gasteiger partial charge in [0, 0.05) is 23.8 Å². The molecular weight excluding hydrogens is 220 g/mol. The predicted molar refractivity (Wildman–Crippen MR) is 71.7 cm³/mol. The Kier molecular flexibility index (Phi) is 5.10. The molecule has 0 radical (unpaired) electrons. The molecule has 0 fully saturated rings. The Morgan fingerprint density at radius 3 is 2.50 bits per heavy atom. The molecule has 0 atom stereocenters. The molecule has 1 rings (SSSR count). The summed E-state index contributed by atoms with van der Waals surface area (Å²) < 4.78 is 0. The van der Waals surface area contributed by atoms with Crippen LogP contribution in [-0.4, -0.2) is 18.0 Å². The lowest BCUT2D eigenvalue weighted by Crippen LogP contribution is -2.27. The van der Waals surface area contributed by atoms with Crippen molar-refractivity contribution in [3.63, 3.8) is 0 Å². The summed E-state index contributed by atoms with van der Waals surface area (Å²) in [4.78, 5) is 2.40. The topological polar surface area (TPSA) is 29.3 Å². The van der Waals surface area contributed by atoms with E-state index >= 15 is 0 Å². The van der Waals surface area contributed by atoms with Gasteiger partial charge >= 0.3 is 0 Å². The highest BCUT2D eigenvalue weighted by Gasteiger charge is 2.07. The quantitative estimate of drug-likeness (QED) is 0.800. The number of hydrogen-bond donors (Lipinski definition) is 1. The van der Waals surface area contributed by atoms with Crippen LogP contribution in [0.4, 0.5) is 5.69 Å². The van der Waals surface area contributed by atoms with E-state index in [1.165, 1.54) is 5.56 Å². The van der Waals surface area contributed by atoms with Gasteiger partial charge in [0.05, 0.1) is 0 Å². The van der Waals surface area contributed by atoms with Crippen LogP contribution >= 0.6 is 11.6 Å². The van der Waals surface area contributed by atoms with Crippen molar-refractivity contribution in [1.29, 1.82) is 0 Å². The van der Waals surface area contributed by atoms with Gasteiger partial charge < -0.3 is 5.73 Å². The van der Waals surface area contributed by atoms with Crippen molar-refractivity contribution in [2.45, 2.75) is 27.3 Å². The molecule has 0 aliphatic heterocycles. The summed E-state index contributed by atoms with van der Waals surface area (Å²) in [5.41, 5.74) is 7.70. The van der Waals surface area contributed by atoms with Gasteiger partial charge in [0.15, 0.2) is 0 Å². The zero-order valence-corrected chi connectivity index (χ0v) is 11.1. The van der Waals surface area contributed by atoms with Crippen molar-refractivity contribution in [1.82, 2.24) is 4.90 Å². The number of benzene rings is 1. The van der Waals surface area contributed by atoms with Gasteiger partial charge in [-0.05, 0) is 36.2 Å².